The van der Waals surface area contributed by atoms with Gasteiger partial charge in [0.2, 0.25) is 5.91 Å². The van der Waals surface area contributed by atoms with Crippen LogP contribution >= 0.6 is 0 Å². The van der Waals surface area contributed by atoms with Crippen LogP contribution in [0.3, 0.4) is 0 Å². The van der Waals surface area contributed by atoms with E-state index in [1.54, 1.807) is 6.08 Å². The Labute approximate surface area is 67.7 Å². The maximum atomic E-state index is 11.0. The molecular formula is C9H15NO. The number of carbonyl (C=O) groups is 1. The molecular weight excluding hydrogens is 138 g/mol. The van der Waals surface area contributed by atoms with Crippen molar-refractivity contribution in [2.45, 2.75) is 32.6 Å². The molecule has 1 aliphatic rings. The van der Waals surface area contributed by atoms with E-state index in [-0.39, 0.29) is 5.91 Å². The fourth-order valence-corrected chi connectivity index (χ4v) is 1.01. The van der Waals surface area contributed by atoms with Crippen molar-refractivity contribution in [3.63, 3.8) is 0 Å². The molecule has 0 radical (unpaired) electrons. The Hall–Kier alpha value is -0.790. The summed E-state index contributed by atoms with van der Waals surface area (Å²) in [6.07, 6.45) is 6.26. The van der Waals surface area contributed by atoms with Crippen molar-refractivity contribution in [1.29, 1.82) is 0 Å². The summed E-state index contributed by atoms with van der Waals surface area (Å²) < 4.78 is 0. The van der Waals surface area contributed by atoms with E-state index < -0.39 is 0 Å². The molecule has 1 rings (SSSR count). The molecule has 2 heteroatoms. The number of hydrogen-bond acceptors (Lipinski definition) is 1. The van der Waals surface area contributed by atoms with Crippen molar-refractivity contribution < 1.29 is 4.79 Å². The molecule has 1 fully saturated rings. The van der Waals surface area contributed by atoms with E-state index in [4.69, 9.17) is 0 Å². The van der Waals surface area contributed by atoms with Gasteiger partial charge in [0.15, 0.2) is 0 Å². The molecule has 62 valence electrons. The van der Waals surface area contributed by atoms with Gasteiger partial charge in [0.05, 0.1) is 0 Å². The third kappa shape index (κ3) is 2.74. The molecule has 1 N–H and O–H groups in total. The molecule has 0 aliphatic heterocycles. The normalized spacial score (nSPS) is 15.5. The van der Waals surface area contributed by atoms with Crippen LogP contribution in [-0.4, -0.2) is 12.5 Å². The summed E-state index contributed by atoms with van der Waals surface area (Å²) in [7, 11) is 0. The molecule has 1 saturated carbocycles. The van der Waals surface area contributed by atoms with E-state index >= 15 is 0 Å². The lowest BCUT2D eigenvalue weighted by atomic mass is 9.92. The molecule has 0 atom stereocenters. The van der Waals surface area contributed by atoms with Gasteiger partial charge in [-0.25, -0.2) is 0 Å². The van der Waals surface area contributed by atoms with Crippen molar-refractivity contribution >= 4 is 5.91 Å². The van der Waals surface area contributed by atoms with Crippen molar-refractivity contribution in [2.24, 2.45) is 0 Å². The molecule has 0 unspecified atom stereocenters. The lowest BCUT2D eigenvalue weighted by Crippen LogP contribution is -2.22. The summed E-state index contributed by atoms with van der Waals surface area (Å²) in [6, 6.07) is 0. The van der Waals surface area contributed by atoms with Crippen molar-refractivity contribution in [3.05, 3.63) is 11.6 Å². The van der Waals surface area contributed by atoms with Crippen LogP contribution in [0.5, 0.6) is 0 Å². The van der Waals surface area contributed by atoms with Crippen molar-refractivity contribution in [1.82, 2.24) is 5.32 Å². The number of amides is 1. The average molecular weight is 153 g/mol. The Kier molecular flexibility index (Phi) is 3.14. The number of nitrogens with one attached hydrogen (secondary N) is 1. The Morgan fingerprint density at radius 1 is 1.64 bits per heavy atom. The van der Waals surface area contributed by atoms with Gasteiger partial charge in [0, 0.05) is 12.6 Å². The van der Waals surface area contributed by atoms with E-state index in [9.17, 15) is 4.79 Å². The van der Waals surface area contributed by atoms with Gasteiger partial charge in [-0.1, -0.05) is 12.5 Å². The zero-order valence-corrected chi connectivity index (χ0v) is 7.02. The molecule has 0 bridgehead atoms. The molecule has 0 heterocycles. The second-order valence-electron chi connectivity index (χ2n) is 2.95. The summed E-state index contributed by atoms with van der Waals surface area (Å²) in [5.41, 5.74) is 1.30. The number of rotatable bonds is 3. The predicted molar refractivity (Wildman–Crippen MR) is 45.2 cm³/mol. The topological polar surface area (TPSA) is 29.1 Å². The minimum Gasteiger partial charge on any atom is -0.353 e. The van der Waals surface area contributed by atoms with Crippen LogP contribution in [0.25, 0.3) is 0 Å². The Balaban J connectivity index is 2.19. The maximum absolute atomic E-state index is 11.0. The van der Waals surface area contributed by atoms with Crippen LogP contribution in [0, 0.1) is 0 Å². The van der Waals surface area contributed by atoms with Gasteiger partial charge < -0.3 is 5.32 Å². The highest BCUT2D eigenvalue weighted by Crippen LogP contribution is 2.24. The monoisotopic (exact) mass is 153 g/mol. The average Bonchev–Trinajstić information content (AvgIpc) is 1.93. The largest absolute Gasteiger partial charge is 0.353 e. The maximum Gasteiger partial charge on any atom is 0.243 e. The molecule has 0 spiro atoms. The van der Waals surface area contributed by atoms with E-state index in [2.05, 4.69) is 12.2 Å². The first-order valence-corrected chi connectivity index (χ1v) is 4.30. The van der Waals surface area contributed by atoms with Crippen LogP contribution in [0.4, 0.5) is 0 Å². The second kappa shape index (κ2) is 4.16. The minimum absolute atomic E-state index is 0.0848. The highest BCUT2D eigenvalue weighted by molar-refractivity contribution is 5.88. The Morgan fingerprint density at radius 2 is 2.36 bits per heavy atom. The molecule has 0 aromatic carbocycles. The van der Waals surface area contributed by atoms with Gasteiger partial charge in [-0.2, -0.15) is 0 Å². The van der Waals surface area contributed by atoms with E-state index in [1.165, 1.54) is 12.0 Å². The van der Waals surface area contributed by atoms with Crippen LogP contribution in [0.2, 0.25) is 0 Å². The number of allylic oxidation sites excluding steroid dienone is 1. The molecule has 2 nitrogen and oxygen atoms in total. The SMILES string of the molecule is CCCNC(=O)C=C1CCC1. The summed E-state index contributed by atoms with van der Waals surface area (Å²) in [6.45, 7) is 2.85. The molecule has 1 aliphatic carbocycles. The van der Waals surface area contributed by atoms with Crippen LogP contribution in [-0.2, 0) is 4.79 Å². The first-order valence-electron chi connectivity index (χ1n) is 4.30. The first-order chi connectivity index (χ1) is 5.33. The van der Waals surface area contributed by atoms with Gasteiger partial charge in [0.1, 0.15) is 0 Å². The lowest BCUT2D eigenvalue weighted by Gasteiger charge is -2.15. The highest BCUT2D eigenvalue weighted by atomic mass is 16.1. The number of carbonyl (C=O) groups excluding carboxylic acids is 1. The summed E-state index contributed by atoms with van der Waals surface area (Å²) in [5.74, 6) is 0.0848. The van der Waals surface area contributed by atoms with Gasteiger partial charge in [-0.3, -0.25) is 4.79 Å². The quantitative estimate of drug-likeness (QED) is 0.613. The Morgan fingerprint density at radius 3 is 2.82 bits per heavy atom. The fraction of sp³-hybridized carbons (Fsp3) is 0.667. The summed E-state index contributed by atoms with van der Waals surface area (Å²) >= 11 is 0. The van der Waals surface area contributed by atoms with Crippen LogP contribution < -0.4 is 5.32 Å². The second-order valence-corrected chi connectivity index (χ2v) is 2.95. The van der Waals surface area contributed by atoms with Crippen LogP contribution in [0.15, 0.2) is 11.6 Å². The van der Waals surface area contributed by atoms with Crippen molar-refractivity contribution in [3.8, 4) is 0 Å². The predicted octanol–water partition coefficient (Wildman–Crippen LogP) is 1.62. The van der Waals surface area contributed by atoms with Gasteiger partial charge >= 0.3 is 0 Å². The van der Waals surface area contributed by atoms with E-state index in [0.717, 1.165) is 25.8 Å². The van der Waals surface area contributed by atoms with Gasteiger partial charge in [-0.15, -0.1) is 0 Å². The highest BCUT2D eigenvalue weighted by Gasteiger charge is 2.09. The summed E-state index contributed by atoms with van der Waals surface area (Å²) in [5, 5.41) is 2.82. The number of hydrogen-bond donors (Lipinski definition) is 1. The smallest absolute Gasteiger partial charge is 0.243 e. The fourth-order valence-electron chi connectivity index (χ4n) is 1.01. The van der Waals surface area contributed by atoms with E-state index in [0.29, 0.717) is 0 Å². The van der Waals surface area contributed by atoms with Crippen molar-refractivity contribution in [2.75, 3.05) is 6.54 Å². The van der Waals surface area contributed by atoms with Gasteiger partial charge in [0.25, 0.3) is 0 Å². The molecule has 0 saturated heterocycles. The third-order valence-corrected chi connectivity index (χ3v) is 1.88. The summed E-state index contributed by atoms with van der Waals surface area (Å²) in [4.78, 5) is 11.0. The van der Waals surface area contributed by atoms with Gasteiger partial charge in [-0.05, 0) is 25.7 Å². The molecule has 0 aromatic heterocycles. The molecule has 0 aromatic rings. The zero-order valence-electron chi connectivity index (χ0n) is 7.02. The minimum atomic E-state index is 0.0848. The van der Waals surface area contributed by atoms with E-state index in [1.807, 2.05) is 0 Å². The third-order valence-electron chi connectivity index (χ3n) is 1.88. The standard InChI is InChI=1S/C9H15NO/c1-2-6-10-9(11)7-8-4-3-5-8/h7H,2-6H2,1H3,(H,10,11). The molecule has 1 amide bonds. The lowest BCUT2D eigenvalue weighted by molar-refractivity contribution is -0.116. The first kappa shape index (κ1) is 8.31. The Bertz CT molecular complexity index is 166. The molecule has 11 heavy (non-hydrogen) atoms. The zero-order chi connectivity index (χ0) is 8.10. The van der Waals surface area contributed by atoms with Crippen LogP contribution in [0.1, 0.15) is 32.6 Å².